The minimum absolute atomic E-state index is 0.0216. The van der Waals surface area contributed by atoms with Gasteiger partial charge in [0.2, 0.25) is 0 Å². The van der Waals surface area contributed by atoms with Crippen molar-refractivity contribution in [1.82, 2.24) is 9.55 Å². The second-order valence-corrected chi connectivity index (χ2v) is 9.32. The van der Waals surface area contributed by atoms with Gasteiger partial charge >= 0.3 is 0 Å². The number of rotatable bonds is 1. The minimum Gasteiger partial charge on any atom is -0.308 e. The van der Waals surface area contributed by atoms with Crippen LogP contribution in [0.2, 0.25) is 0 Å². The summed E-state index contributed by atoms with van der Waals surface area (Å²) in [6, 6.07) is 33.1. The van der Waals surface area contributed by atoms with E-state index < -0.39 is 0 Å². The summed E-state index contributed by atoms with van der Waals surface area (Å²) in [4.78, 5) is 4.82. The highest BCUT2D eigenvalue weighted by atomic mass is 15.0. The molecule has 7 rings (SSSR count). The highest BCUT2D eigenvalue weighted by Gasteiger charge is 2.36. The second kappa shape index (κ2) is 6.08. The standard InChI is InChI=1S/C30H22N2/c1-30(2)25-11-6-5-10-22(25)23-18-28-24(17-26(23)30)29-27(12-7-15-31-29)32(28)21-14-13-19-8-3-4-9-20(19)16-21/h3-18H,1-2H3. The second-order valence-electron chi connectivity index (χ2n) is 9.32. The Morgan fingerprint density at radius 1 is 0.656 bits per heavy atom. The summed E-state index contributed by atoms with van der Waals surface area (Å²) in [6.45, 7) is 4.67. The van der Waals surface area contributed by atoms with Crippen LogP contribution in [0.1, 0.15) is 25.0 Å². The molecular formula is C30H22N2. The first-order valence-corrected chi connectivity index (χ1v) is 11.2. The van der Waals surface area contributed by atoms with E-state index in [0.29, 0.717) is 0 Å². The molecule has 1 aliphatic carbocycles. The summed E-state index contributed by atoms with van der Waals surface area (Å²) in [5.41, 5.74) is 10.0. The fraction of sp³-hybridized carbons (Fsp3) is 0.100. The number of hydrogen-bond acceptors (Lipinski definition) is 1. The van der Waals surface area contributed by atoms with Gasteiger partial charge in [-0.05, 0) is 69.4 Å². The van der Waals surface area contributed by atoms with Crippen molar-refractivity contribution in [2.75, 3.05) is 0 Å². The van der Waals surface area contributed by atoms with Crippen LogP contribution in [0.5, 0.6) is 0 Å². The van der Waals surface area contributed by atoms with Crippen LogP contribution in [-0.2, 0) is 5.41 Å². The Bertz CT molecular complexity index is 1700. The lowest BCUT2D eigenvalue weighted by Crippen LogP contribution is -2.14. The van der Waals surface area contributed by atoms with Crippen LogP contribution in [-0.4, -0.2) is 9.55 Å². The molecule has 0 bridgehead atoms. The topological polar surface area (TPSA) is 17.8 Å². The molecule has 0 spiro atoms. The summed E-state index contributed by atoms with van der Waals surface area (Å²) < 4.78 is 2.37. The Morgan fingerprint density at radius 2 is 1.47 bits per heavy atom. The predicted octanol–water partition coefficient (Wildman–Crippen LogP) is 7.64. The fourth-order valence-corrected chi connectivity index (χ4v) is 5.62. The van der Waals surface area contributed by atoms with Crippen molar-refractivity contribution in [1.29, 1.82) is 0 Å². The molecule has 0 radical (unpaired) electrons. The maximum Gasteiger partial charge on any atom is 0.0963 e. The van der Waals surface area contributed by atoms with Gasteiger partial charge in [-0.25, -0.2) is 0 Å². The van der Waals surface area contributed by atoms with Crippen molar-refractivity contribution in [3.63, 3.8) is 0 Å². The van der Waals surface area contributed by atoms with Crippen molar-refractivity contribution < 1.29 is 0 Å². The van der Waals surface area contributed by atoms with Gasteiger partial charge in [0.1, 0.15) is 0 Å². The number of pyridine rings is 1. The Morgan fingerprint density at radius 3 is 2.38 bits per heavy atom. The maximum atomic E-state index is 4.82. The van der Waals surface area contributed by atoms with E-state index in [2.05, 4.69) is 103 Å². The predicted molar refractivity (Wildman–Crippen MR) is 134 cm³/mol. The molecule has 0 fully saturated rings. The molecule has 0 aliphatic heterocycles. The molecule has 2 heterocycles. The van der Waals surface area contributed by atoms with E-state index in [9.17, 15) is 0 Å². The van der Waals surface area contributed by atoms with E-state index in [-0.39, 0.29) is 5.41 Å². The van der Waals surface area contributed by atoms with Crippen LogP contribution in [0.4, 0.5) is 0 Å². The first-order valence-electron chi connectivity index (χ1n) is 11.2. The first kappa shape index (κ1) is 17.7. The molecule has 0 atom stereocenters. The summed E-state index contributed by atoms with van der Waals surface area (Å²) in [6.07, 6.45) is 1.90. The summed E-state index contributed by atoms with van der Waals surface area (Å²) in [5, 5.41) is 3.72. The van der Waals surface area contributed by atoms with E-state index in [0.717, 1.165) is 11.0 Å². The van der Waals surface area contributed by atoms with Gasteiger partial charge in [0.05, 0.1) is 16.6 Å². The number of hydrogen-bond donors (Lipinski definition) is 0. The van der Waals surface area contributed by atoms with Crippen LogP contribution in [0.15, 0.2) is 97.2 Å². The van der Waals surface area contributed by atoms with Gasteiger partial charge in [-0.1, -0.05) is 68.4 Å². The third kappa shape index (κ3) is 2.22. The van der Waals surface area contributed by atoms with Gasteiger partial charge in [-0.2, -0.15) is 0 Å². The summed E-state index contributed by atoms with van der Waals surface area (Å²) >= 11 is 0. The largest absolute Gasteiger partial charge is 0.308 e. The Balaban J connectivity index is 1.62. The van der Waals surface area contributed by atoms with E-state index in [1.165, 1.54) is 49.6 Å². The molecule has 0 saturated heterocycles. The van der Waals surface area contributed by atoms with Crippen molar-refractivity contribution in [2.24, 2.45) is 0 Å². The van der Waals surface area contributed by atoms with E-state index in [1.54, 1.807) is 0 Å². The van der Waals surface area contributed by atoms with Crippen LogP contribution in [0.25, 0.3) is 49.5 Å². The van der Waals surface area contributed by atoms with Crippen molar-refractivity contribution in [2.45, 2.75) is 19.3 Å². The zero-order valence-electron chi connectivity index (χ0n) is 18.1. The number of aromatic nitrogens is 2. The van der Waals surface area contributed by atoms with Gasteiger partial charge in [-0.15, -0.1) is 0 Å². The molecule has 6 aromatic rings. The first-order chi connectivity index (χ1) is 15.6. The fourth-order valence-electron chi connectivity index (χ4n) is 5.62. The van der Waals surface area contributed by atoms with Crippen molar-refractivity contribution >= 4 is 32.7 Å². The molecule has 152 valence electrons. The molecule has 4 aromatic carbocycles. The maximum absolute atomic E-state index is 4.82. The summed E-state index contributed by atoms with van der Waals surface area (Å²) in [5.74, 6) is 0. The Labute approximate surface area is 186 Å². The average Bonchev–Trinajstić information content (AvgIpc) is 3.27. The van der Waals surface area contributed by atoms with Gasteiger partial charge in [-0.3, -0.25) is 4.98 Å². The molecule has 2 heteroatoms. The number of benzene rings is 4. The zero-order valence-corrected chi connectivity index (χ0v) is 18.1. The quantitative estimate of drug-likeness (QED) is 0.272. The third-order valence-corrected chi connectivity index (χ3v) is 7.21. The van der Waals surface area contributed by atoms with Crippen LogP contribution >= 0.6 is 0 Å². The SMILES string of the molecule is CC1(C)c2ccccc2-c2cc3c(cc21)c1ncccc1n3-c1ccc2ccccc2c1. The van der Waals surface area contributed by atoms with Gasteiger partial charge in [0.15, 0.2) is 0 Å². The van der Waals surface area contributed by atoms with Crippen LogP contribution in [0, 0.1) is 0 Å². The summed E-state index contributed by atoms with van der Waals surface area (Å²) in [7, 11) is 0. The molecule has 1 aliphatic rings. The average molecular weight is 411 g/mol. The molecular weight excluding hydrogens is 388 g/mol. The lowest BCUT2D eigenvalue weighted by molar-refractivity contribution is 0.661. The lowest BCUT2D eigenvalue weighted by Gasteiger charge is -2.21. The molecule has 32 heavy (non-hydrogen) atoms. The molecule has 2 nitrogen and oxygen atoms in total. The Kier molecular flexibility index (Phi) is 3.37. The van der Waals surface area contributed by atoms with Crippen molar-refractivity contribution in [3.8, 4) is 16.8 Å². The smallest absolute Gasteiger partial charge is 0.0963 e. The Hall–Kier alpha value is -3.91. The van der Waals surface area contributed by atoms with E-state index >= 15 is 0 Å². The zero-order chi connectivity index (χ0) is 21.4. The molecule has 0 unspecified atom stereocenters. The van der Waals surface area contributed by atoms with Gasteiger partial charge in [0.25, 0.3) is 0 Å². The molecule has 0 N–H and O–H groups in total. The van der Waals surface area contributed by atoms with Crippen LogP contribution in [0.3, 0.4) is 0 Å². The lowest BCUT2D eigenvalue weighted by atomic mass is 9.82. The third-order valence-electron chi connectivity index (χ3n) is 7.21. The molecule has 2 aromatic heterocycles. The highest BCUT2D eigenvalue weighted by molar-refractivity contribution is 6.09. The van der Waals surface area contributed by atoms with E-state index in [1.807, 2.05) is 12.3 Å². The van der Waals surface area contributed by atoms with Gasteiger partial charge in [0, 0.05) is 22.7 Å². The number of fused-ring (bicyclic) bond motifs is 7. The van der Waals surface area contributed by atoms with E-state index in [4.69, 9.17) is 4.98 Å². The molecule has 0 amide bonds. The van der Waals surface area contributed by atoms with Crippen molar-refractivity contribution in [3.05, 3.63) is 108 Å². The monoisotopic (exact) mass is 410 g/mol. The van der Waals surface area contributed by atoms with Gasteiger partial charge < -0.3 is 4.57 Å². The highest BCUT2D eigenvalue weighted by Crippen LogP contribution is 2.50. The van der Waals surface area contributed by atoms with Crippen LogP contribution < -0.4 is 0 Å². The number of nitrogens with zero attached hydrogens (tertiary/aromatic N) is 2. The molecule has 0 saturated carbocycles. The minimum atomic E-state index is -0.0216. The normalized spacial score (nSPS) is 14.2.